The van der Waals surface area contributed by atoms with Gasteiger partial charge in [0.25, 0.3) is 5.56 Å². The second-order valence-corrected chi connectivity index (χ2v) is 4.51. The molecule has 1 aromatic carbocycles. The van der Waals surface area contributed by atoms with Gasteiger partial charge in [-0.25, -0.2) is 14.2 Å². The normalized spacial score (nSPS) is 10.9. The molecule has 0 radical (unpaired) electrons. The Morgan fingerprint density at radius 1 is 1.15 bits per heavy atom. The largest absolute Gasteiger partial charge is 0.327 e. The van der Waals surface area contributed by atoms with Gasteiger partial charge in [-0.15, -0.1) is 0 Å². The SMILES string of the molecule is O=c1[nH]c(=O)c2cc(Cl)c(-c3ccccc3F)nc2[nH]1. The van der Waals surface area contributed by atoms with E-state index in [9.17, 15) is 14.0 Å². The van der Waals surface area contributed by atoms with E-state index in [0.29, 0.717) is 0 Å². The third-order valence-corrected chi connectivity index (χ3v) is 3.10. The fourth-order valence-corrected chi connectivity index (χ4v) is 2.16. The Kier molecular flexibility index (Phi) is 2.87. The highest BCUT2D eigenvalue weighted by Gasteiger charge is 2.13. The van der Waals surface area contributed by atoms with Gasteiger partial charge in [0, 0.05) is 5.56 Å². The number of aromatic amines is 2. The van der Waals surface area contributed by atoms with Crippen LogP contribution in [0, 0.1) is 5.82 Å². The highest BCUT2D eigenvalue weighted by atomic mass is 35.5. The Morgan fingerprint density at radius 2 is 1.90 bits per heavy atom. The van der Waals surface area contributed by atoms with Crippen molar-refractivity contribution in [2.45, 2.75) is 0 Å². The molecule has 0 saturated carbocycles. The summed E-state index contributed by atoms with van der Waals surface area (Å²) in [7, 11) is 0. The summed E-state index contributed by atoms with van der Waals surface area (Å²) in [6.07, 6.45) is 0. The molecular weight excluding hydrogens is 285 g/mol. The number of nitrogens with one attached hydrogen (secondary N) is 2. The fourth-order valence-electron chi connectivity index (χ4n) is 1.91. The van der Waals surface area contributed by atoms with Crippen molar-refractivity contribution >= 4 is 22.6 Å². The molecule has 0 aliphatic heterocycles. The van der Waals surface area contributed by atoms with Crippen molar-refractivity contribution in [1.29, 1.82) is 0 Å². The fraction of sp³-hybridized carbons (Fsp3) is 0. The topological polar surface area (TPSA) is 78.6 Å². The minimum absolute atomic E-state index is 0.0569. The number of rotatable bonds is 1. The molecule has 0 amide bonds. The second-order valence-electron chi connectivity index (χ2n) is 4.10. The molecule has 0 unspecified atom stereocenters. The van der Waals surface area contributed by atoms with Gasteiger partial charge in [-0.2, -0.15) is 0 Å². The van der Waals surface area contributed by atoms with Crippen LogP contribution in [0.2, 0.25) is 5.02 Å². The summed E-state index contributed by atoms with van der Waals surface area (Å²) < 4.78 is 13.8. The summed E-state index contributed by atoms with van der Waals surface area (Å²) in [5.41, 5.74) is -0.865. The van der Waals surface area contributed by atoms with Crippen LogP contribution in [-0.2, 0) is 0 Å². The van der Waals surface area contributed by atoms with Crippen LogP contribution in [0.25, 0.3) is 22.3 Å². The van der Waals surface area contributed by atoms with E-state index in [4.69, 9.17) is 11.6 Å². The summed E-state index contributed by atoms with van der Waals surface area (Å²) in [6.45, 7) is 0. The minimum atomic E-state index is -0.684. The maximum Gasteiger partial charge on any atom is 0.327 e. The number of nitrogens with zero attached hydrogens (tertiary/aromatic N) is 1. The standard InChI is InChI=1S/C13H7ClFN3O2/c14-8-5-7-11(17-13(20)18-12(7)19)16-10(8)6-3-1-2-4-9(6)15/h1-5H,(H2,16,17,18,19,20). The lowest BCUT2D eigenvalue weighted by Crippen LogP contribution is -2.22. The maximum atomic E-state index is 13.8. The van der Waals surface area contributed by atoms with Gasteiger partial charge in [0.05, 0.1) is 16.1 Å². The number of benzene rings is 1. The maximum absolute atomic E-state index is 13.8. The first-order chi connectivity index (χ1) is 9.56. The average Bonchev–Trinajstić information content (AvgIpc) is 2.40. The lowest BCUT2D eigenvalue weighted by Gasteiger charge is -2.06. The van der Waals surface area contributed by atoms with Crippen molar-refractivity contribution in [3.63, 3.8) is 0 Å². The van der Waals surface area contributed by atoms with Crippen LogP contribution in [0.1, 0.15) is 0 Å². The van der Waals surface area contributed by atoms with Crippen molar-refractivity contribution in [2.24, 2.45) is 0 Å². The molecule has 0 fully saturated rings. The van der Waals surface area contributed by atoms with Crippen LogP contribution in [0.5, 0.6) is 0 Å². The molecule has 0 atom stereocenters. The zero-order valence-electron chi connectivity index (χ0n) is 9.91. The van der Waals surface area contributed by atoms with Crippen molar-refractivity contribution in [2.75, 3.05) is 0 Å². The molecule has 3 aromatic rings. The molecule has 7 heteroatoms. The molecule has 2 heterocycles. The quantitative estimate of drug-likeness (QED) is 0.720. The molecule has 5 nitrogen and oxygen atoms in total. The van der Waals surface area contributed by atoms with E-state index in [1.807, 2.05) is 0 Å². The van der Waals surface area contributed by atoms with E-state index < -0.39 is 17.1 Å². The molecular formula is C13H7ClFN3O2. The summed E-state index contributed by atoms with van der Waals surface area (Å²) in [4.78, 5) is 31.4. The van der Waals surface area contributed by atoms with E-state index in [0.717, 1.165) is 0 Å². The smallest absolute Gasteiger partial charge is 0.291 e. The van der Waals surface area contributed by atoms with E-state index in [1.54, 1.807) is 12.1 Å². The molecule has 0 saturated heterocycles. The van der Waals surface area contributed by atoms with Gasteiger partial charge in [-0.3, -0.25) is 14.8 Å². The Balaban J connectivity index is 2.39. The summed E-state index contributed by atoms with van der Waals surface area (Å²) in [6, 6.07) is 7.32. The van der Waals surface area contributed by atoms with E-state index in [1.165, 1.54) is 18.2 Å². The van der Waals surface area contributed by atoms with E-state index in [2.05, 4.69) is 15.0 Å². The zero-order chi connectivity index (χ0) is 14.3. The third-order valence-electron chi connectivity index (χ3n) is 2.81. The van der Waals surface area contributed by atoms with Crippen LogP contribution in [0.15, 0.2) is 39.9 Å². The number of hydrogen-bond acceptors (Lipinski definition) is 3. The van der Waals surface area contributed by atoms with Gasteiger partial charge in [-0.05, 0) is 18.2 Å². The Bertz CT molecular complexity index is 933. The number of aromatic nitrogens is 3. The van der Waals surface area contributed by atoms with Gasteiger partial charge in [-0.1, -0.05) is 23.7 Å². The minimum Gasteiger partial charge on any atom is -0.291 e. The summed E-state index contributed by atoms with van der Waals surface area (Å²) >= 11 is 6.05. The van der Waals surface area contributed by atoms with Crippen LogP contribution < -0.4 is 11.2 Å². The molecule has 3 rings (SSSR count). The second kappa shape index (κ2) is 4.57. The Hall–Kier alpha value is -2.47. The van der Waals surface area contributed by atoms with Crippen LogP contribution >= 0.6 is 11.6 Å². The van der Waals surface area contributed by atoms with Crippen LogP contribution in [0.4, 0.5) is 4.39 Å². The molecule has 2 aromatic heterocycles. The van der Waals surface area contributed by atoms with Crippen LogP contribution in [-0.4, -0.2) is 15.0 Å². The van der Waals surface area contributed by atoms with Gasteiger partial charge < -0.3 is 0 Å². The van der Waals surface area contributed by atoms with E-state index >= 15 is 0 Å². The van der Waals surface area contributed by atoms with Crippen LogP contribution in [0.3, 0.4) is 0 Å². The number of hydrogen-bond donors (Lipinski definition) is 2. The number of fused-ring (bicyclic) bond motifs is 1. The lowest BCUT2D eigenvalue weighted by molar-refractivity contribution is 0.631. The van der Waals surface area contributed by atoms with Gasteiger partial charge in [0.1, 0.15) is 11.5 Å². The van der Waals surface area contributed by atoms with Gasteiger partial charge in [0.2, 0.25) is 0 Å². The first-order valence-corrected chi connectivity index (χ1v) is 6.02. The third kappa shape index (κ3) is 2.00. The molecule has 100 valence electrons. The lowest BCUT2D eigenvalue weighted by atomic mass is 10.1. The molecule has 0 spiro atoms. The number of pyridine rings is 1. The van der Waals surface area contributed by atoms with Crippen molar-refractivity contribution in [3.05, 3.63) is 62.0 Å². The monoisotopic (exact) mass is 291 g/mol. The molecule has 0 aliphatic rings. The van der Waals surface area contributed by atoms with E-state index in [-0.39, 0.29) is 27.3 Å². The van der Waals surface area contributed by atoms with Crippen molar-refractivity contribution in [1.82, 2.24) is 15.0 Å². The first kappa shape index (κ1) is 12.6. The summed E-state index contributed by atoms with van der Waals surface area (Å²) in [5, 5.41) is 0.259. The van der Waals surface area contributed by atoms with Crippen molar-refractivity contribution < 1.29 is 4.39 Å². The predicted octanol–water partition coefficient (Wildman–Crippen LogP) is 2.07. The molecule has 0 bridgehead atoms. The number of H-pyrrole nitrogens is 2. The molecule has 20 heavy (non-hydrogen) atoms. The Labute approximate surface area is 116 Å². The number of halogens is 2. The summed E-state index contributed by atoms with van der Waals surface area (Å²) in [5.74, 6) is -0.492. The van der Waals surface area contributed by atoms with Gasteiger partial charge >= 0.3 is 5.69 Å². The Morgan fingerprint density at radius 3 is 2.65 bits per heavy atom. The van der Waals surface area contributed by atoms with Gasteiger partial charge in [0.15, 0.2) is 0 Å². The molecule has 2 N–H and O–H groups in total. The predicted molar refractivity (Wildman–Crippen MR) is 73.4 cm³/mol. The highest BCUT2D eigenvalue weighted by molar-refractivity contribution is 6.33. The van der Waals surface area contributed by atoms with Crippen molar-refractivity contribution in [3.8, 4) is 11.3 Å². The molecule has 0 aliphatic carbocycles. The highest BCUT2D eigenvalue weighted by Crippen LogP contribution is 2.29. The zero-order valence-corrected chi connectivity index (χ0v) is 10.7. The first-order valence-electron chi connectivity index (χ1n) is 5.64. The average molecular weight is 292 g/mol.